The van der Waals surface area contributed by atoms with Crippen LogP contribution in [-0.2, 0) is 4.79 Å². The number of imidazole rings is 1. The summed E-state index contributed by atoms with van der Waals surface area (Å²) in [4.78, 5) is 19.6. The molecule has 94 valence electrons. The van der Waals surface area contributed by atoms with E-state index in [0.717, 1.165) is 36.8 Å². The lowest BCUT2D eigenvalue weighted by molar-refractivity contribution is -0.143. The van der Waals surface area contributed by atoms with Crippen molar-refractivity contribution in [3.63, 3.8) is 0 Å². The van der Waals surface area contributed by atoms with Crippen molar-refractivity contribution in [3.8, 4) is 0 Å². The average molecular weight is 245 g/mol. The van der Waals surface area contributed by atoms with E-state index in [1.54, 1.807) is 6.20 Å². The quantitative estimate of drug-likeness (QED) is 0.881. The molecule has 0 saturated heterocycles. The third-order valence-electron chi connectivity index (χ3n) is 3.77. The first-order valence-electron chi connectivity index (χ1n) is 6.26. The number of carboxylic acids is 1. The second kappa shape index (κ2) is 4.40. The number of fused-ring (bicyclic) bond motifs is 1. The molecule has 0 amide bonds. The Labute approximate surface area is 104 Å². The number of aromatic nitrogens is 3. The molecular formula is C13H15N3O2. The molecule has 0 atom stereocenters. The summed E-state index contributed by atoms with van der Waals surface area (Å²) in [7, 11) is 0. The Morgan fingerprint density at radius 2 is 2.06 bits per heavy atom. The van der Waals surface area contributed by atoms with Crippen LogP contribution in [0.25, 0.3) is 11.2 Å². The predicted octanol–water partition coefficient (Wildman–Crippen LogP) is 2.25. The van der Waals surface area contributed by atoms with Gasteiger partial charge in [-0.25, -0.2) is 9.97 Å². The van der Waals surface area contributed by atoms with E-state index in [0.29, 0.717) is 6.04 Å². The second-order valence-electron chi connectivity index (χ2n) is 4.84. The number of hydrogen-bond donors (Lipinski definition) is 1. The highest BCUT2D eigenvalue weighted by atomic mass is 16.4. The third-order valence-corrected chi connectivity index (χ3v) is 3.77. The Morgan fingerprint density at radius 1 is 1.28 bits per heavy atom. The molecular weight excluding hydrogens is 230 g/mol. The SMILES string of the molecule is O=C(O)C1CCC(n2cnc3cccnc32)CC1. The molecule has 0 bridgehead atoms. The zero-order chi connectivity index (χ0) is 12.5. The fourth-order valence-electron chi connectivity index (χ4n) is 2.74. The van der Waals surface area contributed by atoms with E-state index in [1.807, 2.05) is 18.5 Å². The molecule has 5 heteroatoms. The Morgan fingerprint density at radius 3 is 2.78 bits per heavy atom. The molecule has 0 aromatic carbocycles. The smallest absolute Gasteiger partial charge is 0.306 e. The minimum absolute atomic E-state index is 0.177. The summed E-state index contributed by atoms with van der Waals surface area (Å²) in [5.41, 5.74) is 1.80. The van der Waals surface area contributed by atoms with Crippen molar-refractivity contribution < 1.29 is 9.90 Å². The lowest BCUT2D eigenvalue weighted by Gasteiger charge is -2.27. The number of aliphatic carboxylic acids is 1. The number of hydrogen-bond acceptors (Lipinski definition) is 3. The Kier molecular flexibility index (Phi) is 2.74. The van der Waals surface area contributed by atoms with E-state index in [9.17, 15) is 4.79 Å². The fourth-order valence-corrected chi connectivity index (χ4v) is 2.74. The number of rotatable bonds is 2. The van der Waals surface area contributed by atoms with Crippen LogP contribution < -0.4 is 0 Å². The Hall–Kier alpha value is -1.91. The van der Waals surface area contributed by atoms with E-state index < -0.39 is 5.97 Å². The van der Waals surface area contributed by atoms with E-state index in [2.05, 4.69) is 14.5 Å². The Balaban J connectivity index is 1.82. The van der Waals surface area contributed by atoms with Crippen LogP contribution in [0.3, 0.4) is 0 Å². The maximum Gasteiger partial charge on any atom is 0.306 e. The largest absolute Gasteiger partial charge is 0.481 e. The minimum atomic E-state index is -0.665. The minimum Gasteiger partial charge on any atom is -0.481 e. The van der Waals surface area contributed by atoms with E-state index in [1.165, 1.54) is 0 Å². The molecule has 0 aliphatic heterocycles. The van der Waals surface area contributed by atoms with Gasteiger partial charge in [0.2, 0.25) is 0 Å². The standard InChI is InChI=1S/C13H15N3O2/c17-13(18)9-3-5-10(6-4-9)16-8-15-11-2-1-7-14-12(11)16/h1-2,7-10H,3-6H2,(H,17,18). The van der Waals surface area contributed by atoms with Crippen molar-refractivity contribution in [2.24, 2.45) is 5.92 Å². The molecule has 1 N–H and O–H groups in total. The molecule has 5 nitrogen and oxygen atoms in total. The van der Waals surface area contributed by atoms with Gasteiger partial charge in [-0.15, -0.1) is 0 Å². The molecule has 0 radical (unpaired) electrons. The molecule has 1 saturated carbocycles. The summed E-state index contributed by atoms with van der Waals surface area (Å²) in [5, 5.41) is 9.00. The number of pyridine rings is 1. The molecule has 1 fully saturated rings. The van der Waals surface area contributed by atoms with Gasteiger partial charge in [0.05, 0.1) is 12.2 Å². The molecule has 2 aromatic heterocycles. The lowest BCUT2D eigenvalue weighted by atomic mass is 9.86. The summed E-state index contributed by atoms with van der Waals surface area (Å²) >= 11 is 0. The van der Waals surface area contributed by atoms with Crippen molar-refractivity contribution in [2.45, 2.75) is 31.7 Å². The van der Waals surface area contributed by atoms with Crippen LogP contribution in [0.2, 0.25) is 0 Å². The van der Waals surface area contributed by atoms with Crippen LogP contribution in [0.15, 0.2) is 24.7 Å². The van der Waals surface area contributed by atoms with Crippen LogP contribution in [0.5, 0.6) is 0 Å². The molecule has 0 spiro atoms. The van der Waals surface area contributed by atoms with E-state index in [4.69, 9.17) is 5.11 Å². The van der Waals surface area contributed by atoms with Crippen molar-refractivity contribution in [2.75, 3.05) is 0 Å². The molecule has 0 unspecified atom stereocenters. The highest BCUT2D eigenvalue weighted by Crippen LogP contribution is 2.33. The topological polar surface area (TPSA) is 68.0 Å². The summed E-state index contributed by atoms with van der Waals surface area (Å²) in [5.74, 6) is -0.842. The molecule has 1 aliphatic carbocycles. The van der Waals surface area contributed by atoms with Gasteiger partial charge in [0.25, 0.3) is 0 Å². The van der Waals surface area contributed by atoms with Gasteiger partial charge in [-0.05, 0) is 37.8 Å². The van der Waals surface area contributed by atoms with Gasteiger partial charge >= 0.3 is 5.97 Å². The van der Waals surface area contributed by atoms with Crippen molar-refractivity contribution in [3.05, 3.63) is 24.7 Å². The van der Waals surface area contributed by atoms with Gasteiger partial charge in [0.15, 0.2) is 5.65 Å². The number of nitrogens with zero attached hydrogens (tertiary/aromatic N) is 3. The third kappa shape index (κ3) is 1.85. The number of carboxylic acid groups (broad SMARTS) is 1. The average Bonchev–Trinajstić information content (AvgIpc) is 2.82. The number of carbonyl (C=O) groups is 1. The summed E-state index contributed by atoms with van der Waals surface area (Å²) in [6.45, 7) is 0. The van der Waals surface area contributed by atoms with Crippen LogP contribution in [0, 0.1) is 5.92 Å². The zero-order valence-electron chi connectivity index (χ0n) is 9.99. The van der Waals surface area contributed by atoms with Crippen molar-refractivity contribution >= 4 is 17.1 Å². The highest BCUT2D eigenvalue weighted by molar-refractivity contribution is 5.71. The fraction of sp³-hybridized carbons (Fsp3) is 0.462. The lowest BCUT2D eigenvalue weighted by Crippen LogP contribution is -2.23. The maximum atomic E-state index is 10.9. The first kappa shape index (κ1) is 11.2. The second-order valence-corrected chi connectivity index (χ2v) is 4.84. The van der Waals surface area contributed by atoms with Gasteiger partial charge < -0.3 is 9.67 Å². The predicted molar refractivity (Wildman–Crippen MR) is 66.2 cm³/mol. The molecule has 2 aromatic rings. The monoisotopic (exact) mass is 245 g/mol. The van der Waals surface area contributed by atoms with Crippen LogP contribution in [0.1, 0.15) is 31.7 Å². The van der Waals surface area contributed by atoms with Gasteiger partial charge in [-0.1, -0.05) is 0 Å². The normalized spacial score (nSPS) is 24.2. The molecule has 1 aliphatic rings. The van der Waals surface area contributed by atoms with Crippen LogP contribution >= 0.6 is 0 Å². The van der Waals surface area contributed by atoms with Crippen LogP contribution in [0.4, 0.5) is 0 Å². The van der Waals surface area contributed by atoms with E-state index >= 15 is 0 Å². The first-order valence-corrected chi connectivity index (χ1v) is 6.26. The highest BCUT2D eigenvalue weighted by Gasteiger charge is 2.27. The molecule has 2 heterocycles. The molecule has 3 rings (SSSR count). The Bertz CT molecular complexity index is 570. The molecule has 18 heavy (non-hydrogen) atoms. The van der Waals surface area contributed by atoms with Crippen molar-refractivity contribution in [1.29, 1.82) is 0 Å². The van der Waals surface area contributed by atoms with Gasteiger partial charge in [0, 0.05) is 12.2 Å². The summed E-state index contributed by atoms with van der Waals surface area (Å²) in [6.07, 6.45) is 6.85. The van der Waals surface area contributed by atoms with Gasteiger partial charge in [-0.3, -0.25) is 4.79 Å². The van der Waals surface area contributed by atoms with Crippen molar-refractivity contribution in [1.82, 2.24) is 14.5 Å². The van der Waals surface area contributed by atoms with Gasteiger partial charge in [-0.2, -0.15) is 0 Å². The first-order chi connectivity index (χ1) is 8.75. The van der Waals surface area contributed by atoms with E-state index in [-0.39, 0.29) is 5.92 Å². The zero-order valence-corrected chi connectivity index (χ0v) is 9.99. The van der Waals surface area contributed by atoms with Crippen LogP contribution in [-0.4, -0.2) is 25.6 Å². The van der Waals surface area contributed by atoms with Gasteiger partial charge in [0.1, 0.15) is 5.52 Å². The summed E-state index contributed by atoms with van der Waals surface area (Å²) in [6, 6.07) is 4.16. The maximum absolute atomic E-state index is 10.9. The summed E-state index contributed by atoms with van der Waals surface area (Å²) < 4.78 is 2.09.